The summed E-state index contributed by atoms with van der Waals surface area (Å²) in [5, 5.41) is 3.68. The van der Waals surface area contributed by atoms with E-state index >= 15 is 0 Å². The molecule has 4 rings (SSSR count). The van der Waals surface area contributed by atoms with E-state index in [-0.39, 0.29) is 17.0 Å². The van der Waals surface area contributed by atoms with Crippen molar-refractivity contribution in [2.75, 3.05) is 12.4 Å². The van der Waals surface area contributed by atoms with E-state index in [2.05, 4.69) is 28.2 Å². The number of rotatable bonds is 3. The maximum absolute atomic E-state index is 13.0. The Bertz CT molecular complexity index is 1160. The van der Waals surface area contributed by atoms with Gasteiger partial charge in [0, 0.05) is 27.8 Å². The number of ether oxygens (including phenoxy) is 1. The molecule has 0 saturated heterocycles. The van der Waals surface area contributed by atoms with Gasteiger partial charge in [0.15, 0.2) is 0 Å². The zero-order valence-electron chi connectivity index (χ0n) is 14.7. The SMILES string of the molecule is COc1ccc(NC(=O)c2cn3c4c(cc(Br)cc4c2=O)C[C@@H]3C)cc1Cl. The number of amides is 1. The minimum atomic E-state index is -0.465. The van der Waals surface area contributed by atoms with Crippen molar-refractivity contribution >= 4 is 50.0 Å². The zero-order chi connectivity index (χ0) is 19.3. The van der Waals surface area contributed by atoms with E-state index in [4.69, 9.17) is 16.3 Å². The first kappa shape index (κ1) is 18.1. The van der Waals surface area contributed by atoms with Crippen molar-refractivity contribution in [1.82, 2.24) is 4.57 Å². The van der Waals surface area contributed by atoms with Crippen LogP contribution in [0.5, 0.6) is 5.75 Å². The first-order chi connectivity index (χ1) is 12.9. The van der Waals surface area contributed by atoms with Crippen LogP contribution in [0.1, 0.15) is 28.9 Å². The van der Waals surface area contributed by atoms with E-state index in [1.54, 1.807) is 30.5 Å². The first-order valence-electron chi connectivity index (χ1n) is 8.41. The third-order valence-electron chi connectivity index (χ3n) is 4.81. The number of nitrogens with one attached hydrogen (secondary N) is 1. The lowest BCUT2D eigenvalue weighted by Crippen LogP contribution is -2.23. The Morgan fingerprint density at radius 2 is 2.11 bits per heavy atom. The van der Waals surface area contributed by atoms with Crippen LogP contribution >= 0.6 is 27.5 Å². The molecule has 1 aliphatic rings. The van der Waals surface area contributed by atoms with Crippen LogP contribution in [0.25, 0.3) is 10.9 Å². The molecule has 0 spiro atoms. The van der Waals surface area contributed by atoms with Gasteiger partial charge >= 0.3 is 0 Å². The number of anilines is 1. The summed E-state index contributed by atoms with van der Waals surface area (Å²) in [5.41, 5.74) is 2.33. The Kier molecular flexibility index (Phi) is 4.48. The minimum absolute atomic E-state index is 0.104. The van der Waals surface area contributed by atoms with Gasteiger partial charge in [0.05, 0.1) is 17.6 Å². The molecule has 0 saturated carbocycles. The highest BCUT2D eigenvalue weighted by Gasteiger charge is 2.25. The van der Waals surface area contributed by atoms with E-state index in [1.165, 1.54) is 7.11 Å². The van der Waals surface area contributed by atoms with E-state index in [0.29, 0.717) is 21.8 Å². The monoisotopic (exact) mass is 446 g/mol. The average Bonchev–Trinajstić information content (AvgIpc) is 2.93. The standard InChI is InChI=1S/C20H16BrClN2O3/c1-10-5-11-6-12(21)7-14-18(11)24(10)9-15(19(14)25)20(26)23-13-3-4-17(27-2)16(22)8-13/h3-4,6-10H,5H2,1-2H3,(H,23,26)/t10-/m0/s1. The van der Waals surface area contributed by atoms with Crippen molar-refractivity contribution in [2.24, 2.45) is 0 Å². The van der Waals surface area contributed by atoms with Crippen LogP contribution in [0.2, 0.25) is 5.02 Å². The molecule has 1 N–H and O–H groups in total. The number of hydrogen-bond acceptors (Lipinski definition) is 3. The summed E-state index contributed by atoms with van der Waals surface area (Å²) in [5.74, 6) is 0.0485. The molecule has 1 atom stereocenters. The van der Waals surface area contributed by atoms with Crippen molar-refractivity contribution < 1.29 is 9.53 Å². The summed E-state index contributed by atoms with van der Waals surface area (Å²) < 4.78 is 7.96. The van der Waals surface area contributed by atoms with Crippen LogP contribution in [-0.2, 0) is 6.42 Å². The summed E-state index contributed by atoms with van der Waals surface area (Å²) in [6.07, 6.45) is 2.48. The van der Waals surface area contributed by atoms with Crippen molar-refractivity contribution in [3.8, 4) is 5.75 Å². The number of aromatic nitrogens is 1. The van der Waals surface area contributed by atoms with E-state index in [1.807, 2.05) is 10.6 Å². The Morgan fingerprint density at radius 3 is 2.81 bits per heavy atom. The van der Waals surface area contributed by atoms with Gasteiger partial charge in [-0.2, -0.15) is 0 Å². The van der Waals surface area contributed by atoms with Crippen molar-refractivity contribution in [1.29, 1.82) is 0 Å². The van der Waals surface area contributed by atoms with Crippen LogP contribution in [0.4, 0.5) is 5.69 Å². The molecule has 7 heteroatoms. The summed E-state index contributed by atoms with van der Waals surface area (Å²) >= 11 is 9.58. The summed E-state index contributed by atoms with van der Waals surface area (Å²) in [4.78, 5) is 25.8. The minimum Gasteiger partial charge on any atom is -0.495 e. The number of pyridine rings is 1. The second-order valence-electron chi connectivity index (χ2n) is 6.60. The molecule has 0 radical (unpaired) electrons. The van der Waals surface area contributed by atoms with E-state index < -0.39 is 5.91 Å². The molecule has 2 aromatic carbocycles. The molecular formula is C20H16BrClN2O3. The van der Waals surface area contributed by atoms with Gasteiger partial charge in [0.25, 0.3) is 5.91 Å². The van der Waals surface area contributed by atoms with Crippen LogP contribution in [0, 0.1) is 0 Å². The fourth-order valence-electron chi connectivity index (χ4n) is 3.57. The second kappa shape index (κ2) is 6.69. The molecule has 1 amide bonds. The number of benzene rings is 2. The maximum atomic E-state index is 13.0. The molecule has 138 valence electrons. The topological polar surface area (TPSA) is 60.3 Å². The highest BCUT2D eigenvalue weighted by atomic mass is 79.9. The molecule has 0 bridgehead atoms. The zero-order valence-corrected chi connectivity index (χ0v) is 17.0. The molecule has 3 aromatic rings. The van der Waals surface area contributed by atoms with Crippen molar-refractivity contribution in [3.63, 3.8) is 0 Å². The van der Waals surface area contributed by atoms with Gasteiger partial charge < -0.3 is 14.6 Å². The summed E-state index contributed by atoms with van der Waals surface area (Å²) in [6, 6.07) is 8.91. The summed E-state index contributed by atoms with van der Waals surface area (Å²) in [7, 11) is 1.52. The largest absolute Gasteiger partial charge is 0.495 e. The average molecular weight is 448 g/mol. The predicted octanol–water partition coefficient (Wildman–Crippen LogP) is 4.80. The number of methoxy groups -OCH3 is 1. The maximum Gasteiger partial charge on any atom is 0.261 e. The van der Waals surface area contributed by atoms with Gasteiger partial charge in [-0.1, -0.05) is 27.5 Å². The second-order valence-corrected chi connectivity index (χ2v) is 7.92. The van der Waals surface area contributed by atoms with Crippen LogP contribution in [-0.4, -0.2) is 17.6 Å². The predicted molar refractivity (Wildman–Crippen MR) is 110 cm³/mol. The van der Waals surface area contributed by atoms with E-state index in [9.17, 15) is 9.59 Å². The lowest BCUT2D eigenvalue weighted by molar-refractivity contribution is 0.102. The van der Waals surface area contributed by atoms with Crippen LogP contribution < -0.4 is 15.5 Å². The van der Waals surface area contributed by atoms with Gasteiger partial charge in [-0.25, -0.2) is 0 Å². The smallest absolute Gasteiger partial charge is 0.261 e. The molecule has 27 heavy (non-hydrogen) atoms. The molecule has 2 heterocycles. The van der Waals surface area contributed by atoms with Gasteiger partial charge in [0.1, 0.15) is 11.3 Å². The molecule has 1 aromatic heterocycles. The molecular weight excluding hydrogens is 432 g/mol. The van der Waals surface area contributed by atoms with E-state index in [0.717, 1.165) is 22.0 Å². The van der Waals surface area contributed by atoms with Crippen molar-refractivity contribution in [2.45, 2.75) is 19.4 Å². The highest BCUT2D eigenvalue weighted by molar-refractivity contribution is 9.10. The molecule has 0 fully saturated rings. The number of carbonyl (C=O) groups is 1. The van der Waals surface area contributed by atoms with Gasteiger partial charge in [-0.15, -0.1) is 0 Å². The van der Waals surface area contributed by atoms with Crippen LogP contribution in [0.3, 0.4) is 0 Å². The number of halogens is 2. The van der Waals surface area contributed by atoms with Gasteiger partial charge in [0.2, 0.25) is 5.43 Å². The Hall–Kier alpha value is -2.31. The van der Waals surface area contributed by atoms with Crippen LogP contribution in [0.15, 0.2) is 45.8 Å². The normalized spacial score (nSPS) is 15.2. The first-order valence-corrected chi connectivity index (χ1v) is 9.58. The van der Waals surface area contributed by atoms with Gasteiger partial charge in [-0.3, -0.25) is 9.59 Å². The Balaban J connectivity index is 1.79. The van der Waals surface area contributed by atoms with Crippen molar-refractivity contribution in [3.05, 3.63) is 67.4 Å². The third-order valence-corrected chi connectivity index (χ3v) is 5.57. The fourth-order valence-corrected chi connectivity index (χ4v) is 4.33. The molecule has 0 aliphatic carbocycles. The number of carbonyl (C=O) groups excluding carboxylic acids is 1. The Morgan fingerprint density at radius 1 is 1.33 bits per heavy atom. The third kappa shape index (κ3) is 3.03. The summed E-state index contributed by atoms with van der Waals surface area (Å²) in [6.45, 7) is 2.07. The number of nitrogens with zero attached hydrogens (tertiary/aromatic N) is 1. The number of hydrogen-bond donors (Lipinski definition) is 1. The molecule has 1 aliphatic heterocycles. The fraction of sp³-hybridized carbons (Fsp3) is 0.200. The van der Waals surface area contributed by atoms with Gasteiger partial charge in [-0.05, 0) is 49.2 Å². The Labute approximate surface area is 169 Å². The lowest BCUT2D eigenvalue weighted by Gasteiger charge is -2.13. The highest BCUT2D eigenvalue weighted by Crippen LogP contribution is 2.34. The molecule has 0 unspecified atom stereocenters. The quantitative estimate of drug-likeness (QED) is 0.628. The molecule has 5 nitrogen and oxygen atoms in total. The lowest BCUT2D eigenvalue weighted by atomic mass is 10.1.